The van der Waals surface area contributed by atoms with Gasteiger partial charge in [0.05, 0.1) is 15.7 Å². The standard InChI is InChI=1S/C11H12Cl2OS2/c1-15-11(16-2)5-6-14-10-8(13)4-3-7(12)9(10)11/h3-4H,5-6H2,1-2H3. The topological polar surface area (TPSA) is 9.23 Å². The molecule has 1 aromatic carbocycles. The smallest absolute Gasteiger partial charge is 0.144 e. The first-order valence-electron chi connectivity index (χ1n) is 4.86. The molecule has 0 saturated carbocycles. The first-order valence-corrected chi connectivity index (χ1v) is 8.07. The predicted molar refractivity (Wildman–Crippen MR) is 75.3 cm³/mol. The molecule has 0 spiro atoms. The van der Waals surface area contributed by atoms with E-state index in [1.807, 2.05) is 6.07 Å². The third-order valence-electron chi connectivity index (χ3n) is 2.78. The van der Waals surface area contributed by atoms with Crippen molar-refractivity contribution in [1.29, 1.82) is 0 Å². The molecule has 1 aliphatic rings. The highest BCUT2D eigenvalue weighted by Crippen LogP contribution is 2.56. The summed E-state index contributed by atoms with van der Waals surface area (Å²) in [6, 6.07) is 3.64. The summed E-state index contributed by atoms with van der Waals surface area (Å²) in [7, 11) is 0. The number of thioether (sulfide) groups is 2. The minimum atomic E-state index is -0.0322. The molecule has 0 amide bonds. The van der Waals surface area contributed by atoms with Gasteiger partial charge in [0.1, 0.15) is 5.75 Å². The Labute approximate surface area is 114 Å². The van der Waals surface area contributed by atoms with Crippen LogP contribution in [0.5, 0.6) is 5.75 Å². The molecule has 0 aromatic heterocycles. The van der Waals surface area contributed by atoms with Crippen LogP contribution in [0.2, 0.25) is 10.0 Å². The van der Waals surface area contributed by atoms with Crippen LogP contribution in [0.25, 0.3) is 0 Å². The van der Waals surface area contributed by atoms with Gasteiger partial charge in [-0.1, -0.05) is 23.2 Å². The van der Waals surface area contributed by atoms with Gasteiger partial charge in [-0.25, -0.2) is 0 Å². The predicted octanol–water partition coefficient (Wildman–Crippen LogP) is 4.65. The maximum atomic E-state index is 6.29. The molecule has 1 heterocycles. The zero-order valence-corrected chi connectivity index (χ0v) is 12.2. The summed E-state index contributed by atoms with van der Waals surface area (Å²) in [6.07, 6.45) is 5.15. The fraction of sp³-hybridized carbons (Fsp3) is 0.455. The van der Waals surface area contributed by atoms with Crippen LogP contribution in [0.15, 0.2) is 12.1 Å². The minimum Gasteiger partial charge on any atom is -0.491 e. The maximum absolute atomic E-state index is 6.29. The zero-order chi connectivity index (χ0) is 11.8. The molecule has 2 rings (SSSR count). The van der Waals surface area contributed by atoms with Crippen LogP contribution in [0.4, 0.5) is 0 Å². The van der Waals surface area contributed by atoms with Gasteiger partial charge in [-0.3, -0.25) is 0 Å². The van der Waals surface area contributed by atoms with E-state index in [4.69, 9.17) is 27.9 Å². The van der Waals surface area contributed by atoms with Crippen LogP contribution in [0.3, 0.4) is 0 Å². The molecule has 88 valence electrons. The highest BCUT2D eigenvalue weighted by Gasteiger charge is 2.39. The monoisotopic (exact) mass is 294 g/mol. The number of hydrogen-bond donors (Lipinski definition) is 0. The first kappa shape index (κ1) is 12.7. The highest BCUT2D eigenvalue weighted by atomic mass is 35.5. The van der Waals surface area contributed by atoms with E-state index in [0.717, 1.165) is 22.8 Å². The molecule has 0 unspecified atom stereocenters. The van der Waals surface area contributed by atoms with Crippen LogP contribution >= 0.6 is 46.7 Å². The number of benzene rings is 1. The van der Waals surface area contributed by atoms with E-state index in [-0.39, 0.29) is 4.08 Å². The van der Waals surface area contributed by atoms with Gasteiger partial charge in [0.25, 0.3) is 0 Å². The van der Waals surface area contributed by atoms with Gasteiger partial charge in [0, 0.05) is 17.0 Å². The van der Waals surface area contributed by atoms with Crippen LogP contribution in [0.1, 0.15) is 12.0 Å². The second-order valence-corrected chi connectivity index (χ2v) is 6.78. The maximum Gasteiger partial charge on any atom is 0.144 e. The number of ether oxygens (including phenoxy) is 1. The minimum absolute atomic E-state index is 0.0322. The van der Waals surface area contributed by atoms with Crippen molar-refractivity contribution in [3.05, 3.63) is 27.7 Å². The lowest BCUT2D eigenvalue weighted by molar-refractivity contribution is 0.280. The van der Waals surface area contributed by atoms with Crippen molar-refractivity contribution in [2.45, 2.75) is 10.5 Å². The molecule has 1 aromatic rings. The van der Waals surface area contributed by atoms with E-state index in [9.17, 15) is 0 Å². The molecular formula is C11H12Cl2OS2. The Morgan fingerprint density at radius 3 is 2.44 bits per heavy atom. The quantitative estimate of drug-likeness (QED) is 0.735. The van der Waals surface area contributed by atoms with Crippen molar-refractivity contribution in [2.24, 2.45) is 0 Å². The second-order valence-electron chi connectivity index (χ2n) is 3.49. The van der Waals surface area contributed by atoms with Gasteiger partial charge < -0.3 is 4.74 Å². The van der Waals surface area contributed by atoms with E-state index in [1.54, 1.807) is 29.6 Å². The van der Waals surface area contributed by atoms with Gasteiger partial charge in [-0.05, 0) is 24.6 Å². The molecule has 0 radical (unpaired) electrons. The van der Waals surface area contributed by atoms with Crippen molar-refractivity contribution in [3.8, 4) is 5.75 Å². The van der Waals surface area contributed by atoms with E-state index in [1.165, 1.54) is 0 Å². The van der Waals surface area contributed by atoms with Gasteiger partial charge in [-0.2, -0.15) is 0 Å². The lowest BCUT2D eigenvalue weighted by atomic mass is 10.1. The van der Waals surface area contributed by atoms with E-state index in [2.05, 4.69) is 12.5 Å². The largest absolute Gasteiger partial charge is 0.491 e. The lowest BCUT2D eigenvalue weighted by Crippen LogP contribution is -2.27. The molecule has 0 aliphatic carbocycles. The molecule has 0 fully saturated rings. The van der Waals surface area contributed by atoms with E-state index < -0.39 is 0 Å². The van der Waals surface area contributed by atoms with E-state index >= 15 is 0 Å². The first-order chi connectivity index (χ1) is 7.64. The van der Waals surface area contributed by atoms with Crippen molar-refractivity contribution >= 4 is 46.7 Å². The average Bonchev–Trinajstić information content (AvgIpc) is 2.33. The number of fused-ring (bicyclic) bond motifs is 1. The van der Waals surface area contributed by atoms with Crippen molar-refractivity contribution in [3.63, 3.8) is 0 Å². The molecular weight excluding hydrogens is 283 g/mol. The molecule has 5 heteroatoms. The van der Waals surface area contributed by atoms with E-state index in [0.29, 0.717) is 11.6 Å². The fourth-order valence-electron chi connectivity index (χ4n) is 1.93. The second kappa shape index (κ2) is 4.89. The fourth-order valence-corrected chi connectivity index (χ4v) is 4.62. The number of rotatable bonds is 2. The molecule has 1 nitrogen and oxygen atoms in total. The van der Waals surface area contributed by atoms with Crippen molar-refractivity contribution in [1.82, 2.24) is 0 Å². The molecule has 0 bridgehead atoms. The number of halogens is 2. The molecule has 1 aliphatic heterocycles. The van der Waals surface area contributed by atoms with Crippen LogP contribution < -0.4 is 4.74 Å². The third-order valence-corrected chi connectivity index (χ3v) is 6.52. The SMILES string of the molecule is CSC1(SC)CCOc2c(Cl)ccc(Cl)c21. The Bertz CT molecular complexity index is 405. The van der Waals surface area contributed by atoms with Gasteiger partial charge in [-0.15, -0.1) is 23.5 Å². The summed E-state index contributed by atoms with van der Waals surface area (Å²) in [4.78, 5) is 0. The van der Waals surface area contributed by atoms with Crippen molar-refractivity contribution < 1.29 is 4.74 Å². The average molecular weight is 295 g/mol. The molecule has 0 saturated heterocycles. The summed E-state index contributed by atoms with van der Waals surface area (Å²) < 4.78 is 5.62. The molecule has 16 heavy (non-hydrogen) atoms. The highest BCUT2D eigenvalue weighted by molar-refractivity contribution is 8.16. The summed E-state index contributed by atoms with van der Waals surface area (Å²) in [5, 5.41) is 1.38. The Kier molecular flexibility index (Phi) is 3.89. The Hall–Kier alpha value is 0.300. The van der Waals surface area contributed by atoms with Gasteiger partial charge in [0.2, 0.25) is 0 Å². The summed E-state index contributed by atoms with van der Waals surface area (Å²) in [5.74, 6) is 0.754. The molecule has 0 atom stereocenters. The summed E-state index contributed by atoms with van der Waals surface area (Å²) >= 11 is 16.0. The number of hydrogen-bond acceptors (Lipinski definition) is 3. The lowest BCUT2D eigenvalue weighted by Gasteiger charge is -2.37. The Morgan fingerprint density at radius 2 is 1.81 bits per heavy atom. The third kappa shape index (κ3) is 1.92. The zero-order valence-electron chi connectivity index (χ0n) is 9.05. The van der Waals surface area contributed by atoms with Crippen LogP contribution in [-0.4, -0.2) is 19.1 Å². The summed E-state index contributed by atoms with van der Waals surface area (Å²) in [6.45, 7) is 0.689. The summed E-state index contributed by atoms with van der Waals surface area (Å²) in [5.41, 5.74) is 1.04. The normalized spacial score (nSPS) is 17.8. The van der Waals surface area contributed by atoms with Gasteiger partial charge in [0.15, 0.2) is 0 Å². The Balaban J connectivity index is 2.65. The Morgan fingerprint density at radius 1 is 1.19 bits per heavy atom. The van der Waals surface area contributed by atoms with Crippen molar-refractivity contribution in [2.75, 3.05) is 19.1 Å². The van der Waals surface area contributed by atoms with Gasteiger partial charge >= 0.3 is 0 Å². The molecule has 0 N–H and O–H groups in total. The van der Waals surface area contributed by atoms with Crippen LogP contribution in [-0.2, 0) is 4.08 Å². The van der Waals surface area contributed by atoms with Crippen LogP contribution in [0, 0.1) is 0 Å².